The fourth-order valence-corrected chi connectivity index (χ4v) is 1.86. The smallest absolute Gasteiger partial charge is 0.408 e. The molecule has 1 rings (SSSR count). The number of carboxylic acid groups (broad SMARTS) is 1. The first-order chi connectivity index (χ1) is 11.2. The fraction of sp³-hybridized carbons (Fsp3) is 0.529. The Labute approximate surface area is 141 Å². The summed E-state index contributed by atoms with van der Waals surface area (Å²) in [7, 11) is 1.62. The maximum Gasteiger partial charge on any atom is 0.408 e. The van der Waals surface area contributed by atoms with E-state index in [0.717, 1.165) is 6.42 Å². The fourth-order valence-electron chi connectivity index (χ4n) is 1.86. The molecule has 0 fully saturated rings. The van der Waals surface area contributed by atoms with E-state index in [1.807, 2.05) is 0 Å². The van der Waals surface area contributed by atoms with Gasteiger partial charge in [0.1, 0.15) is 11.4 Å². The topological polar surface area (TPSA) is 94.1 Å². The summed E-state index contributed by atoms with van der Waals surface area (Å²) in [6, 6.07) is 5.33. The number of methoxy groups -OCH3 is 1. The van der Waals surface area contributed by atoms with Gasteiger partial charge in [0.15, 0.2) is 6.04 Å². The first-order valence-corrected chi connectivity index (χ1v) is 7.67. The molecule has 0 aliphatic rings. The van der Waals surface area contributed by atoms with E-state index < -0.39 is 23.7 Å². The highest BCUT2D eigenvalue weighted by Crippen LogP contribution is 2.19. The van der Waals surface area contributed by atoms with Crippen molar-refractivity contribution in [1.29, 1.82) is 0 Å². The maximum absolute atomic E-state index is 11.8. The molecule has 1 aromatic carbocycles. The summed E-state index contributed by atoms with van der Waals surface area (Å²) in [6.45, 7) is 6.24. The summed E-state index contributed by atoms with van der Waals surface area (Å²) in [6.07, 6.45) is -0.0225. The molecule has 0 bridgehead atoms. The highest BCUT2D eigenvalue weighted by atomic mass is 16.6. The number of aliphatic carboxylic acids is 1. The van der Waals surface area contributed by atoms with Crippen LogP contribution in [0.2, 0.25) is 0 Å². The van der Waals surface area contributed by atoms with Crippen LogP contribution in [0.1, 0.15) is 38.8 Å². The molecule has 0 saturated heterocycles. The number of alkyl carbamates (subject to hydrolysis) is 1. The van der Waals surface area contributed by atoms with Gasteiger partial charge in [-0.3, -0.25) is 0 Å². The third-order valence-corrected chi connectivity index (χ3v) is 2.88. The Kier molecular flexibility index (Phi) is 7.51. The number of benzene rings is 1. The molecular weight excluding hydrogens is 314 g/mol. The van der Waals surface area contributed by atoms with Crippen molar-refractivity contribution in [2.24, 2.45) is 0 Å². The molecular formula is C17H25NO6. The van der Waals surface area contributed by atoms with Crippen LogP contribution in [0.4, 0.5) is 4.79 Å². The Morgan fingerprint density at radius 2 is 1.79 bits per heavy atom. The van der Waals surface area contributed by atoms with Crippen LogP contribution in [0.3, 0.4) is 0 Å². The molecule has 7 nitrogen and oxygen atoms in total. The average Bonchev–Trinajstić information content (AvgIpc) is 2.48. The van der Waals surface area contributed by atoms with E-state index in [2.05, 4.69) is 5.32 Å². The number of carbonyl (C=O) groups is 2. The molecule has 134 valence electrons. The van der Waals surface area contributed by atoms with Gasteiger partial charge in [0, 0.05) is 20.1 Å². The van der Waals surface area contributed by atoms with Crippen molar-refractivity contribution in [3.63, 3.8) is 0 Å². The molecule has 0 aliphatic heterocycles. The number of rotatable bonds is 8. The lowest BCUT2D eigenvalue weighted by Gasteiger charge is -2.22. The minimum absolute atomic E-state index is 0.428. The number of nitrogens with one attached hydrogen (secondary N) is 1. The lowest BCUT2D eigenvalue weighted by Crippen LogP contribution is -2.38. The van der Waals surface area contributed by atoms with E-state index in [-0.39, 0.29) is 0 Å². The van der Waals surface area contributed by atoms with Crippen LogP contribution in [0.5, 0.6) is 5.75 Å². The van der Waals surface area contributed by atoms with Crippen molar-refractivity contribution in [3.8, 4) is 5.75 Å². The van der Waals surface area contributed by atoms with Gasteiger partial charge in [0.2, 0.25) is 0 Å². The molecule has 2 N–H and O–H groups in total. The number of carboxylic acids is 1. The first kappa shape index (κ1) is 19.8. The molecule has 1 atom stereocenters. The number of hydrogen-bond acceptors (Lipinski definition) is 5. The van der Waals surface area contributed by atoms with Crippen LogP contribution in [0, 0.1) is 0 Å². The van der Waals surface area contributed by atoms with Crippen molar-refractivity contribution in [1.82, 2.24) is 5.32 Å². The Balaban J connectivity index is 2.68. The lowest BCUT2D eigenvalue weighted by molar-refractivity contribution is -0.139. The van der Waals surface area contributed by atoms with E-state index in [1.165, 1.54) is 0 Å². The predicted molar refractivity (Wildman–Crippen MR) is 88.2 cm³/mol. The van der Waals surface area contributed by atoms with E-state index >= 15 is 0 Å². The summed E-state index contributed by atoms with van der Waals surface area (Å²) >= 11 is 0. The van der Waals surface area contributed by atoms with Crippen LogP contribution >= 0.6 is 0 Å². The summed E-state index contributed by atoms with van der Waals surface area (Å²) in [4.78, 5) is 23.2. The molecule has 0 heterocycles. The Morgan fingerprint density at radius 1 is 1.17 bits per heavy atom. The molecule has 0 saturated carbocycles. The van der Waals surface area contributed by atoms with Gasteiger partial charge < -0.3 is 24.6 Å². The summed E-state index contributed by atoms with van der Waals surface area (Å²) in [5.41, 5.74) is -0.273. The summed E-state index contributed by atoms with van der Waals surface area (Å²) in [5.74, 6) is -0.550. The van der Waals surface area contributed by atoms with Crippen LogP contribution in [-0.4, -0.2) is 43.1 Å². The summed E-state index contributed by atoms with van der Waals surface area (Å²) < 4.78 is 15.5. The van der Waals surface area contributed by atoms with Crippen LogP contribution in [0.15, 0.2) is 24.3 Å². The number of carbonyl (C=O) groups excluding carboxylic acids is 1. The number of ether oxygens (including phenoxy) is 3. The molecule has 0 radical (unpaired) electrons. The average molecular weight is 339 g/mol. The minimum Gasteiger partial charge on any atom is -0.494 e. The third kappa shape index (κ3) is 7.32. The summed E-state index contributed by atoms with van der Waals surface area (Å²) in [5, 5.41) is 11.7. The van der Waals surface area contributed by atoms with Gasteiger partial charge in [-0.05, 0) is 38.5 Å². The monoisotopic (exact) mass is 339 g/mol. The van der Waals surface area contributed by atoms with Crippen molar-refractivity contribution in [2.75, 3.05) is 20.3 Å². The van der Waals surface area contributed by atoms with E-state index in [4.69, 9.17) is 14.2 Å². The van der Waals surface area contributed by atoms with Gasteiger partial charge in [0.05, 0.1) is 6.61 Å². The van der Waals surface area contributed by atoms with Gasteiger partial charge in [-0.2, -0.15) is 0 Å². The molecule has 1 unspecified atom stereocenters. The molecule has 1 aromatic rings. The molecule has 0 aromatic heterocycles. The second-order valence-electron chi connectivity index (χ2n) is 6.18. The second-order valence-corrected chi connectivity index (χ2v) is 6.18. The highest BCUT2D eigenvalue weighted by molar-refractivity contribution is 5.81. The van der Waals surface area contributed by atoms with Crippen LogP contribution in [0.25, 0.3) is 0 Å². The van der Waals surface area contributed by atoms with Crippen LogP contribution in [-0.2, 0) is 14.3 Å². The standard InChI is InChI=1S/C17H25NO6/c1-17(2,3)24-16(21)18-14(15(19)20)12-6-8-13(9-7-12)23-11-5-10-22-4/h6-9,14H,5,10-11H2,1-4H3,(H,18,21)(H,19,20). The van der Waals surface area contributed by atoms with Gasteiger partial charge in [-0.1, -0.05) is 12.1 Å². The molecule has 24 heavy (non-hydrogen) atoms. The predicted octanol–water partition coefficient (Wildman–Crippen LogP) is 2.75. The molecule has 1 amide bonds. The first-order valence-electron chi connectivity index (χ1n) is 7.67. The second kappa shape index (κ2) is 9.12. The third-order valence-electron chi connectivity index (χ3n) is 2.88. The van der Waals surface area contributed by atoms with E-state index in [9.17, 15) is 14.7 Å². The molecule has 7 heteroatoms. The zero-order valence-corrected chi connectivity index (χ0v) is 14.5. The zero-order chi connectivity index (χ0) is 18.2. The van der Waals surface area contributed by atoms with Crippen LogP contribution < -0.4 is 10.1 Å². The van der Waals surface area contributed by atoms with Crippen molar-refractivity contribution in [3.05, 3.63) is 29.8 Å². The largest absolute Gasteiger partial charge is 0.494 e. The van der Waals surface area contributed by atoms with Crippen molar-refractivity contribution < 1.29 is 28.9 Å². The van der Waals surface area contributed by atoms with Crippen molar-refractivity contribution >= 4 is 12.1 Å². The van der Waals surface area contributed by atoms with E-state index in [0.29, 0.717) is 24.5 Å². The van der Waals surface area contributed by atoms with E-state index in [1.54, 1.807) is 52.1 Å². The quantitative estimate of drug-likeness (QED) is 0.707. The number of hydrogen-bond donors (Lipinski definition) is 2. The number of amides is 1. The normalized spacial score (nSPS) is 12.3. The lowest BCUT2D eigenvalue weighted by atomic mass is 10.1. The van der Waals surface area contributed by atoms with Crippen molar-refractivity contribution in [2.45, 2.75) is 38.8 Å². The SMILES string of the molecule is COCCCOc1ccc(C(NC(=O)OC(C)(C)C)C(=O)O)cc1. The van der Waals surface area contributed by atoms with Gasteiger partial charge >= 0.3 is 12.1 Å². The van der Waals surface area contributed by atoms with Gasteiger partial charge in [-0.25, -0.2) is 9.59 Å². The maximum atomic E-state index is 11.8. The van der Waals surface area contributed by atoms with Gasteiger partial charge in [0.25, 0.3) is 0 Å². The highest BCUT2D eigenvalue weighted by Gasteiger charge is 2.25. The Bertz CT molecular complexity index is 535. The zero-order valence-electron chi connectivity index (χ0n) is 14.5. The molecule has 0 spiro atoms. The molecule has 0 aliphatic carbocycles. The Morgan fingerprint density at radius 3 is 2.29 bits per heavy atom. The minimum atomic E-state index is -1.19. The Hall–Kier alpha value is -2.28. The van der Waals surface area contributed by atoms with Gasteiger partial charge in [-0.15, -0.1) is 0 Å².